The summed E-state index contributed by atoms with van der Waals surface area (Å²) in [6.45, 7) is 12.4. The largest absolute Gasteiger partial charge is 0.467 e. The van der Waals surface area contributed by atoms with Crippen LogP contribution in [0.2, 0.25) is 0 Å². The number of rotatable bonds is 10. The fourth-order valence-electron chi connectivity index (χ4n) is 7.19. The second-order valence-corrected chi connectivity index (χ2v) is 12.2. The average molecular weight is 588 g/mol. The molecule has 6 atom stereocenters. The molecule has 2 saturated carbocycles. The van der Waals surface area contributed by atoms with Gasteiger partial charge < -0.3 is 23.9 Å². The van der Waals surface area contributed by atoms with Crippen LogP contribution < -0.4 is 16.2 Å². The maximum Gasteiger partial charge on any atom is 0.335 e. The molecule has 0 aromatic carbocycles. The number of esters is 3. The van der Waals surface area contributed by atoms with E-state index in [4.69, 9.17) is 30.8 Å². The van der Waals surface area contributed by atoms with E-state index in [0.29, 0.717) is 30.1 Å². The van der Waals surface area contributed by atoms with Crippen molar-refractivity contribution < 1.29 is 33.0 Å². The first-order chi connectivity index (χ1) is 19.4. The van der Waals surface area contributed by atoms with Gasteiger partial charge in [-0.15, -0.1) is 0 Å². The number of carbonyl (C=O) groups is 3. The number of thiocarbonyl (C=S) groups is 1. The number of carbonyl (C=O) groups excluding carboxylic acids is 3. The number of hydrazine groups is 1. The van der Waals surface area contributed by atoms with Gasteiger partial charge >= 0.3 is 17.9 Å². The molecule has 3 aliphatic rings. The van der Waals surface area contributed by atoms with Crippen molar-refractivity contribution in [3.63, 3.8) is 0 Å². The number of furan rings is 1. The van der Waals surface area contributed by atoms with Crippen LogP contribution in [-0.2, 0) is 35.1 Å². The van der Waals surface area contributed by atoms with Gasteiger partial charge in [-0.1, -0.05) is 26.0 Å². The predicted molar refractivity (Wildman–Crippen MR) is 155 cm³/mol. The highest BCUT2D eigenvalue weighted by molar-refractivity contribution is 7.80. The zero-order valence-corrected chi connectivity index (χ0v) is 25.1. The minimum absolute atomic E-state index is 0.0226. The highest BCUT2D eigenvalue weighted by Gasteiger charge is 2.60. The van der Waals surface area contributed by atoms with Crippen LogP contribution in [0.15, 0.2) is 46.6 Å². The molecule has 1 aliphatic heterocycles. The molecule has 0 spiro atoms. The summed E-state index contributed by atoms with van der Waals surface area (Å²) in [5, 5.41) is 3.45. The van der Waals surface area contributed by atoms with Gasteiger partial charge in [-0.2, -0.15) is 0 Å². The molecule has 10 nitrogen and oxygen atoms in total. The summed E-state index contributed by atoms with van der Waals surface area (Å²) in [6, 6.07) is 3.25. The Morgan fingerprint density at radius 1 is 1.24 bits per heavy atom. The first-order valence-electron chi connectivity index (χ1n) is 14.1. The van der Waals surface area contributed by atoms with E-state index in [2.05, 4.69) is 36.6 Å². The number of hydrogen-bond acceptors (Lipinski definition) is 9. The van der Waals surface area contributed by atoms with E-state index < -0.39 is 11.5 Å². The molecule has 41 heavy (non-hydrogen) atoms. The molecule has 224 valence electrons. The Bertz CT molecular complexity index is 1200. The summed E-state index contributed by atoms with van der Waals surface area (Å²) in [5.74, 6) is -0.225. The molecule has 1 aromatic heterocycles. The van der Waals surface area contributed by atoms with E-state index >= 15 is 0 Å². The van der Waals surface area contributed by atoms with Crippen LogP contribution in [0.4, 0.5) is 0 Å². The van der Waals surface area contributed by atoms with Crippen molar-refractivity contribution in [1.29, 1.82) is 0 Å². The highest BCUT2D eigenvalue weighted by atomic mass is 32.1. The van der Waals surface area contributed by atoms with Gasteiger partial charge in [0.25, 0.3) is 0 Å². The van der Waals surface area contributed by atoms with Crippen LogP contribution in [0.5, 0.6) is 0 Å². The molecule has 0 saturated heterocycles. The average Bonchev–Trinajstić information content (AvgIpc) is 3.59. The lowest BCUT2D eigenvalue weighted by Gasteiger charge is -2.60. The summed E-state index contributed by atoms with van der Waals surface area (Å²) >= 11 is 5.46. The van der Waals surface area contributed by atoms with Crippen LogP contribution >= 0.6 is 12.2 Å². The third-order valence-corrected chi connectivity index (χ3v) is 9.42. The number of allylic oxidation sites excluding steroid dienone is 1. The van der Waals surface area contributed by atoms with Crippen LogP contribution in [0.1, 0.15) is 65.6 Å². The fourth-order valence-corrected chi connectivity index (χ4v) is 7.32. The van der Waals surface area contributed by atoms with Crippen molar-refractivity contribution in [3.8, 4) is 0 Å². The Morgan fingerprint density at radius 2 is 2.02 bits per heavy atom. The third-order valence-electron chi connectivity index (χ3n) is 9.17. The Labute approximate surface area is 246 Å². The highest BCUT2D eigenvalue weighted by Crippen LogP contribution is 2.62. The molecule has 0 unspecified atom stereocenters. The fraction of sp³-hybridized carbons (Fsp3) is 0.600. The molecule has 3 N–H and O–H groups in total. The van der Waals surface area contributed by atoms with Gasteiger partial charge in [0.15, 0.2) is 5.11 Å². The van der Waals surface area contributed by atoms with Gasteiger partial charge in [0.2, 0.25) is 0 Å². The van der Waals surface area contributed by atoms with Gasteiger partial charge in [-0.25, -0.2) is 10.2 Å². The van der Waals surface area contributed by atoms with Crippen LogP contribution in [0.3, 0.4) is 0 Å². The summed E-state index contributed by atoms with van der Waals surface area (Å²) in [4.78, 5) is 36.6. The topological polar surface area (TPSA) is 128 Å². The van der Waals surface area contributed by atoms with Crippen molar-refractivity contribution in [2.45, 2.75) is 78.5 Å². The van der Waals surface area contributed by atoms with Crippen molar-refractivity contribution in [1.82, 2.24) is 16.2 Å². The second-order valence-electron chi connectivity index (χ2n) is 11.8. The molecule has 4 rings (SSSR count). The van der Waals surface area contributed by atoms with Gasteiger partial charge in [0.05, 0.1) is 24.4 Å². The maximum absolute atomic E-state index is 12.7. The minimum atomic E-state index is -0.576. The monoisotopic (exact) mass is 587 g/mol. The minimum Gasteiger partial charge on any atom is -0.467 e. The molecule has 0 bridgehead atoms. The van der Waals surface area contributed by atoms with Gasteiger partial charge in [-0.3, -0.25) is 15.0 Å². The summed E-state index contributed by atoms with van der Waals surface area (Å²) in [7, 11) is 0. The number of hydrogen-bond donors (Lipinski definition) is 3. The third kappa shape index (κ3) is 6.83. The van der Waals surface area contributed by atoms with Crippen molar-refractivity contribution in [3.05, 3.63) is 48.0 Å². The zero-order chi connectivity index (χ0) is 29.8. The Morgan fingerprint density at radius 3 is 2.66 bits per heavy atom. The summed E-state index contributed by atoms with van der Waals surface area (Å²) in [6.07, 6.45) is 6.64. The van der Waals surface area contributed by atoms with E-state index in [1.54, 1.807) is 12.3 Å². The van der Waals surface area contributed by atoms with E-state index in [0.717, 1.165) is 30.6 Å². The first-order valence-corrected chi connectivity index (χ1v) is 14.5. The van der Waals surface area contributed by atoms with E-state index in [-0.39, 0.29) is 54.5 Å². The quantitative estimate of drug-likeness (QED) is 0.121. The summed E-state index contributed by atoms with van der Waals surface area (Å²) < 4.78 is 22.0. The molecule has 2 heterocycles. The normalized spacial score (nSPS) is 30.0. The Balaban J connectivity index is 1.56. The number of nitrogens with one attached hydrogen (secondary N) is 3. The van der Waals surface area contributed by atoms with Crippen LogP contribution in [0, 0.1) is 22.7 Å². The lowest BCUT2D eigenvalue weighted by molar-refractivity contribution is -0.192. The number of ether oxygens (including phenoxy) is 3. The van der Waals surface area contributed by atoms with E-state index in [9.17, 15) is 14.4 Å². The molecular formula is C30H41N3O7S. The van der Waals surface area contributed by atoms with Crippen molar-refractivity contribution >= 4 is 35.2 Å². The van der Waals surface area contributed by atoms with Crippen LogP contribution in [0.25, 0.3) is 0 Å². The zero-order valence-electron chi connectivity index (χ0n) is 24.2. The molecule has 2 aliphatic carbocycles. The van der Waals surface area contributed by atoms with E-state index in [1.807, 2.05) is 12.1 Å². The molecule has 1 aromatic rings. The predicted octanol–water partition coefficient (Wildman–Crippen LogP) is 3.87. The van der Waals surface area contributed by atoms with Crippen molar-refractivity contribution in [2.24, 2.45) is 22.7 Å². The van der Waals surface area contributed by atoms with E-state index in [1.165, 1.54) is 13.8 Å². The van der Waals surface area contributed by atoms with Gasteiger partial charge in [0.1, 0.15) is 25.1 Å². The first kappa shape index (κ1) is 30.8. The molecule has 0 amide bonds. The van der Waals surface area contributed by atoms with Crippen LogP contribution in [-0.4, -0.2) is 48.4 Å². The standard InChI is InChI=1S/C30H41N3O7S/c1-18-8-9-25-29(4,12-10-26(40-20(3)35)30(25,5)17-39-19(2)34)23(18)15-24(22-11-14-38-27(22)36)32-33-28(41)31-16-21-7-6-13-37-21/h6-7,11,13,23-26,32H,1,8-10,12,14-17H2,2-5H3,(H2,31,33,41)/t23-,24+,25+,26-,29+,30+/m1/s1. The molecule has 0 radical (unpaired) electrons. The SMILES string of the molecule is C=C1CC[C@@H]2[C@](C)(COC(C)=O)[C@H](OC(C)=O)CC[C@@]2(C)[C@@H]1C[C@H](NNC(=S)NCc1ccco1)C1=CCOC1=O. The number of cyclic esters (lactones) is 1. The number of fused-ring (bicyclic) bond motifs is 1. The lowest BCUT2D eigenvalue weighted by atomic mass is 9.46. The smallest absolute Gasteiger partial charge is 0.335 e. The molecular weight excluding hydrogens is 546 g/mol. The Kier molecular flexibility index (Phi) is 9.59. The maximum atomic E-state index is 12.7. The molecule has 2 fully saturated rings. The lowest BCUT2D eigenvalue weighted by Crippen LogP contribution is -2.59. The summed E-state index contributed by atoms with van der Waals surface area (Å²) in [5.41, 5.74) is 7.14. The van der Waals surface area contributed by atoms with Gasteiger partial charge in [0, 0.05) is 19.3 Å². The van der Waals surface area contributed by atoms with Crippen molar-refractivity contribution in [2.75, 3.05) is 13.2 Å². The Hall–Kier alpha value is -3.18. The molecule has 11 heteroatoms. The second kappa shape index (κ2) is 12.8. The van der Waals surface area contributed by atoms with Gasteiger partial charge in [-0.05, 0) is 79.8 Å².